The van der Waals surface area contributed by atoms with Crippen molar-refractivity contribution in [1.82, 2.24) is 9.97 Å². The Balaban J connectivity index is 1.47. The molecule has 32 heavy (non-hydrogen) atoms. The van der Waals surface area contributed by atoms with Crippen LogP contribution in [-0.4, -0.2) is 9.97 Å². The molecular formula is C30H28N2. The summed E-state index contributed by atoms with van der Waals surface area (Å²) in [6.07, 6.45) is 6.16. The Hall–Kier alpha value is -3.52. The number of aryl methyl sites for hydroxylation is 6. The molecule has 0 aliphatic carbocycles. The minimum absolute atomic E-state index is 1.06. The van der Waals surface area contributed by atoms with Crippen LogP contribution in [0.4, 0.5) is 0 Å². The van der Waals surface area contributed by atoms with Crippen LogP contribution in [0, 0.1) is 27.7 Å². The van der Waals surface area contributed by atoms with Crippen LogP contribution >= 0.6 is 0 Å². The molecule has 4 aromatic carbocycles. The summed E-state index contributed by atoms with van der Waals surface area (Å²) in [6, 6.07) is 18.1. The fourth-order valence-corrected chi connectivity index (χ4v) is 5.75. The van der Waals surface area contributed by atoms with Crippen LogP contribution in [0.2, 0.25) is 0 Å². The van der Waals surface area contributed by atoms with Crippen LogP contribution in [0.1, 0.15) is 33.4 Å². The normalized spacial score (nSPS) is 12.0. The molecule has 158 valence electrons. The van der Waals surface area contributed by atoms with Crippen molar-refractivity contribution in [2.45, 2.75) is 40.5 Å². The average Bonchev–Trinajstić information content (AvgIpc) is 3.29. The van der Waals surface area contributed by atoms with E-state index in [1.165, 1.54) is 76.7 Å². The Bertz CT molecular complexity index is 1530. The topological polar surface area (TPSA) is 31.6 Å². The lowest BCUT2D eigenvalue weighted by atomic mass is 9.97. The lowest BCUT2D eigenvalue weighted by molar-refractivity contribution is 0.965. The van der Waals surface area contributed by atoms with E-state index in [4.69, 9.17) is 0 Å². The molecule has 6 rings (SSSR count). The van der Waals surface area contributed by atoms with Gasteiger partial charge < -0.3 is 9.97 Å². The highest BCUT2D eigenvalue weighted by Gasteiger charge is 2.16. The number of hydrogen-bond donors (Lipinski definition) is 2. The number of benzene rings is 2. The van der Waals surface area contributed by atoms with E-state index in [1.54, 1.807) is 0 Å². The van der Waals surface area contributed by atoms with E-state index in [0.29, 0.717) is 0 Å². The summed E-state index contributed by atoms with van der Waals surface area (Å²) >= 11 is 0. The molecule has 0 aliphatic heterocycles. The predicted molar refractivity (Wildman–Crippen MR) is 138 cm³/mol. The van der Waals surface area contributed by atoms with E-state index in [0.717, 1.165) is 12.8 Å². The van der Waals surface area contributed by atoms with Gasteiger partial charge in [-0.25, -0.2) is 0 Å². The van der Waals surface area contributed by atoms with Crippen LogP contribution < -0.4 is 0 Å². The van der Waals surface area contributed by atoms with Crippen molar-refractivity contribution in [3.63, 3.8) is 0 Å². The number of pyridine rings is 2. The largest absolute Gasteiger partial charge is 0.361 e. The third-order valence-corrected chi connectivity index (χ3v) is 7.50. The van der Waals surface area contributed by atoms with Gasteiger partial charge in [-0.05, 0) is 120 Å². The second-order valence-electron chi connectivity index (χ2n) is 9.30. The monoisotopic (exact) mass is 416 g/mol. The molecule has 0 amide bonds. The van der Waals surface area contributed by atoms with Crippen LogP contribution in [0.25, 0.3) is 43.4 Å². The molecule has 0 spiro atoms. The summed E-state index contributed by atoms with van der Waals surface area (Å²) in [5.74, 6) is 0. The molecule has 0 saturated carbocycles. The maximum absolute atomic E-state index is 3.44. The number of aromatic nitrogens is 2. The van der Waals surface area contributed by atoms with Crippen LogP contribution in [-0.2, 0) is 12.8 Å². The Morgan fingerprint density at radius 3 is 1.41 bits per heavy atom. The van der Waals surface area contributed by atoms with Gasteiger partial charge in [0.2, 0.25) is 0 Å². The molecule has 6 aromatic rings. The first-order chi connectivity index (χ1) is 15.5. The maximum atomic E-state index is 3.44. The summed E-state index contributed by atoms with van der Waals surface area (Å²) < 4.78 is 0. The van der Waals surface area contributed by atoms with E-state index in [1.807, 2.05) is 12.4 Å². The van der Waals surface area contributed by atoms with Gasteiger partial charge in [0.05, 0.1) is 0 Å². The number of hydrogen-bond acceptors (Lipinski definition) is 0. The first-order valence-corrected chi connectivity index (χ1v) is 11.5. The second kappa shape index (κ2) is 7.00. The van der Waals surface area contributed by atoms with Gasteiger partial charge in [-0.15, -0.1) is 0 Å². The molecule has 0 bridgehead atoms. The van der Waals surface area contributed by atoms with Crippen molar-refractivity contribution in [3.05, 3.63) is 94.3 Å². The summed E-state index contributed by atoms with van der Waals surface area (Å²) in [6.45, 7) is 9.04. The number of aromatic amines is 2. The first kappa shape index (κ1) is 19.2. The Morgan fingerprint density at radius 1 is 0.531 bits per heavy atom. The van der Waals surface area contributed by atoms with Gasteiger partial charge in [0.25, 0.3) is 0 Å². The predicted octanol–water partition coefficient (Wildman–Crippen LogP) is 7.97. The molecule has 2 heterocycles. The second-order valence-corrected chi connectivity index (χ2v) is 9.30. The zero-order valence-electron chi connectivity index (χ0n) is 19.2. The Labute approximate surface area is 188 Å². The molecule has 2 N–H and O–H groups in total. The maximum Gasteiger partial charge on any atom is 0.0462 e. The number of H-pyrrole nitrogens is 2. The summed E-state index contributed by atoms with van der Waals surface area (Å²) in [5.41, 5.74) is 11.0. The first-order valence-electron chi connectivity index (χ1n) is 11.5. The molecule has 2 aromatic heterocycles. The molecule has 0 radical (unpaired) electrons. The van der Waals surface area contributed by atoms with Crippen molar-refractivity contribution in [3.8, 4) is 0 Å². The fraction of sp³-hybridized carbons (Fsp3) is 0.200. The fourth-order valence-electron chi connectivity index (χ4n) is 5.75. The van der Waals surface area contributed by atoms with Gasteiger partial charge in [-0.2, -0.15) is 0 Å². The van der Waals surface area contributed by atoms with E-state index in [2.05, 4.69) is 86.2 Å². The highest BCUT2D eigenvalue weighted by atomic mass is 14.6. The number of rotatable bonds is 3. The summed E-state index contributed by atoms with van der Waals surface area (Å²) in [4.78, 5) is 6.89. The summed E-state index contributed by atoms with van der Waals surface area (Å²) in [5, 5.41) is 8.22. The van der Waals surface area contributed by atoms with Crippen molar-refractivity contribution < 1.29 is 0 Å². The molecule has 0 aliphatic rings. The molecule has 0 unspecified atom stereocenters. The average molecular weight is 417 g/mol. The van der Waals surface area contributed by atoms with Gasteiger partial charge in [0.15, 0.2) is 0 Å². The van der Waals surface area contributed by atoms with Gasteiger partial charge in [0, 0.05) is 34.2 Å². The molecule has 0 saturated heterocycles. The minimum atomic E-state index is 1.06. The van der Waals surface area contributed by atoms with Gasteiger partial charge >= 0.3 is 0 Å². The van der Waals surface area contributed by atoms with Crippen molar-refractivity contribution in [2.75, 3.05) is 0 Å². The van der Waals surface area contributed by atoms with Crippen molar-refractivity contribution in [2.24, 2.45) is 0 Å². The highest BCUT2D eigenvalue weighted by Crippen LogP contribution is 2.36. The van der Waals surface area contributed by atoms with Gasteiger partial charge in [-0.1, -0.05) is 24.3 Å². The number of nitrogens with one attached hydrogen (secondary N) is 2. The van der Waals surface area contributed by atoms with Crippen molar-refractivity contribution >= 4 is 43.4 Å². The highest BCUT2D eigenvalue weighted by molar-refractivity contribution is 6.05. The van der Waals surface area contributed by atoms with E-state index >= 15 is 0 Å². The van der Waals surface area contributed by atoms with Gasteiger partial charge in [0.1, 0.15) is 0 Å². The van der Waals surface area contributed by atoms with Crippen LogP contribution in [0.5, 0.6) is 0 Å². The quantitative estimate of drug-likeness (QED) is 0.293. The minimum Gasteiger partial charge on any atom is -0.361 e. The standard InChI is InChI=1S/C30H28N2/c1-17-13-25-19(3)23-7-5-11-31-29(23)15-27(25)21(17)9-10-22-18(2)14-26-20(4)24-8-6-12-32-30(24)16-28(22)26/h5-8,11-16,31-32H,9-10H2,1-4H3. The van der Waals surface area contributed by atoms with Crippen molar-refractivity contribution in [1.29, 1.82) is 0 Å². The van der Waals surface area contributed by atoms with E-state index in [9.17, 15) is 0 Å². The molecule has 0 fully saturated rings. The Kier molecular flexibility index (Phi) is 4.19. The number of fused-ring (bicyclic) bond motifs is 4. The zero-order chi connectivity index (χ0) is 22.0. The van der Waals surface area contributed by atoms with E-state index < -0.39 is 0 Å². The third-order valence-electron chi connectivity index (χ3n) is 7.50. The molecule has 2 heteroatoms. The molecular weight excluding hydrogens is 388 g/mol. The summed E-state index contributed by atoms with van der Waals surface area (Å²) in [7, 11) is 0. The smallest absolute Gasteiger partial charge is 0.0462 e. The molecule has 0 atom stereocenters. The lowest BCUT2D eigenvalue weighted by Crippen LogP contribution is -1.94. The van der Waals surface area contributed by atoms with Crippen LogP contribution in [0.3, 0.4) is 0 Å². The lowest BCUT2D eigenvalue weighted by Gasteiger charge is -2.09. The van der Waals surface area contributed by atoms with E-state index in [-0.39, 0.29) is 0 Å². The Morgan fingerprint density at radius 2 is 0.969 bits per heavy atom. The van der Waals surface area contributed by atoms with Gasteiger partial charge in [-0.3, -0.25) is 0 Å². The SMILES string of the molecule is Cc1cc2c(C)c3ccc[nH]c3cc2c1CCc1c(C)cc2c(C)c3ccc[nH]c3cc12. The van der Waals surface area contributed by atoms with Crippen LogP contribution in [0.15, 0.2) is 60.9 Å². The zero-order valence-corrected chi connectivity index (χ0v) is 19.2. The molecule has 2 nitrogen and oxygen atoms in total. The third kappa shape index (κ3) is 2.72.